The summed E-state index contributed by atoms with van der Waals surface area (Å²) in [5.74, 6) is -0.932. The van der Waals surface area contributed by atoms with Crippen LogP contribution in [0.15, 0.2) is 42.5 Å². The molecule has 1 unspecified atom stereocenters. The van der Waals surface area contributed by atoms with Gasteiger partial charge in [0.2, 0.25) is 0 Å². The third-order valence-electron chi connectivity index (χ3n) is 3.82. The summed E-state index contributed by atoms with van der Waals surface area (Å²) in [5, 5.41) is 37.0. The van der Waals surface area contributed by atoms with Gasteiger partial charge >= 0.3 is 0 Å². The molecule has 0 spiro atoms. The molecule has 0 saturated carbocycles. The molecule has 8 heteroatoms. The summed E-state index contributed by atoms with van der Waals surface area (Å²) < 4.78 is 0. The van der Waals surface area contributed by atoms with Crippen molar-refractivity contribution < 1.29 is 19.9 Å². The molecule has 0 aliphatic carbocycles. The Hall–Kier alpha value is -2.97. The van der Waals surface area contributed by atoms with Gasteiger partial charge < -0.3 is 20.8 Å². The number of aliphatic hydroxyl groups excluding tert-OH is 1. The van der Waals surface area contributed by atoms with E-state index < -0.39 is 16.9 Å². The number of carbonyl (C=O) groups excluding carboxylic acids is 1. The smallest absolute Gasteiger partial charge is 0.282 e. The van der Waals surface area contributed by atoms with Gasteiger partial charge in [0, 0.05) is 18.2 Å². The minimum absolute atomic E-state index is 0.0606. The monoisotopic (exact) mass is 373 g/mol. The van der Waals surface area contributed by atoms with Crippen molar-refractivity contribution in [1.29, 1.82) is 0 Å². The Kier molecular flexibility index (Phi) is 6.14. The number of β-amino-alcohol motifs (C(OH)–C–C–N with tert-alkyl or cyclic N) is 1. The maximum Gasteiger partial charge on any atom is 0.282 e. The number of phenolic OH excluding ortho intramolecular Hbond substituents is 1. The van der Waals surface area contributed by atoms with Gasteiger partial charge in [-0.1, -0.05) is 18.2 Å². The van der Waals surface area contributed by atoms with Crippen LogP contribution < -0.4 is 10.6 Å². The van der Waals surface area contributed by atoms with Crippen LogP contribution in [0.5, 0.6) is 5.75 Å². The molecular formula is C19H23N3O5. The number of phenols is 1. The normalized spacial score (nSPS) is 12.4. The van der Waals surface area contributed by atoms with Crippen molar-refractivity contribution in [2.45, 2.75) is 32.4 Å². The summed E-state index contributed by atoms with van der Waals surface area (Å²) in [7, 11) is 0. The quantitative estimate of drug-likeness (QED) is 0.350. The molecule has 1 atom stereocenters. The van der Waals surface area contributed by atoms with Crippen LogP contribution in [-0.4, -0.2) is 33.1 Å². The molecular weight excluding hydrogens is 350 g/mol. The van der Waals surface area contributed by atoms with Crippen LogP contribution in [0.25, 0.3) is 0 Å². The molecule has 27 heavy (non-hydrogen) atoms. The molecule has 0 heterocycles. The van der Waals surface area contributed by atoms with Gasteiger partial charge in [-0.15, -0.1) is 0 Å². The molecule has 0 aliphatic rings. The van der Waals surface area contributed by atoms with Gasteiger partial charge in [-0.3, -0.25) is 14.9 Å². The molecule has 8 nitrogen and oxygen atoms in total. The highest BCUT2D eigenvalue weighted by molar-refractivity contribution is 6.07. The lowest BCUT2D eigenvalue weighted by Crippen LogP contribution is -2.38. The van der Waals surface area contributed by atoms with Gasteiger partial charge in [-0.2, -0.15) is 0 Å². The van der Waals surface area contributed by atoms with Crippen LogP contribution >= 0.6 is 0 Å². The predicted octanol–water partition coefficient (Wildman–Crippen LogP) is 2.97. The Morgan fingerprint density at radius 2 is 1.89 bits per heavy atom. The van der Waals surface area contributed by atoms with Gasteiger partial charge in [0.15, 0.2) is 0 Å². The fraction of sp³-hybridized carbons (Fsp3) is 0.316. The fourth-order valence-corrected chi connectivity index (χ4v) is 2.40. The number of para-hydroxylation sites is 1. The summed E-state index contributed by atoms with van der Waals surface area (Å²) in [6, 6.07) is 9.88. The predicted molar refractivity (Wildman–Crippen MR) is 102 cm³/mol. The summed E-state index contributed by atoms with van der Waals surface area (Å²) >= 11 is 0. The highest BCUT2D eigenvalue weighted by Crippen LogP contribution is 2.28. The first kappa shape index (κ1) is 20.3. The second-order valence-electron chi connectivity index (χ2n) is 7.15. The number of hydrogen-bond acceptors (Lipinski definition) is 6. The van der Waals surface area contributed by atoms with E-state index in [1.807, 2.05) is 20.8 Å². The summed E-state index contributed by atoms with van der Waals surface area (Å²) in [6.45, 7) is 6.19. The Morgan fingerprint density at radius 3 is 2.52 bits per heavy atom. The van der Waals surface area contributed by atoms with Crippen molar-refractivity contribution in [3.63, 3.8) is 0 Å². The fourth-order valence-electron chi connectivity index (χ4n) is 2.40. The van der Waals surface area contributed by atoms with Crippen molar-refractivity contribution in [2.75, 3.05) is 11.9 Å². The van der Waals surface area contributed by atoms with E-state index in [9.17, 15) is 25.1 Å². The van der Waals surface area contributed by atoms with E-state index >= 15 is 0 Å². The molecule has 144 valence electrons. The molecule has 2 rings (SSSR count). The molecule has 0 saturated heterocycles. The van der Waals surface area contributed by atoms with Crippen LogP contribution in [0, 0.1) is 10.1 Å². The van der Waals surface area contributed by atoms with Gasteiger partial charge in [-0.25, -0.2) is 0 Å². The third-order valence-corrected chi connectivity index (χ3v) is 3.82. The second-order valence-corrected chi connectivity index (χ2v) is 7.15. The largest absolute Gasteiger partial charge is 0.506 e. The number of aromatic hydroxyl groups is 1. The van der Waals surface area contributed by atoms with E-state index in [1.165, 1.54) is 36.4 Å². The number of hydrogen-bond donors (Lipinski definition) is 4. The number of nitrogens with zero attached hydrogens (tertiary/aromatic N) is 1. The first-order chi connectivity index (χ1) is 12.6. The van der Waals surface area contributed by atoms with Crippen molar-refractivity contribution in [2.24, 2.45) is 0 Å². The molecule has 0 radical (unpaired) electrons. The van der Waals surface area contributed by atoms with E-state index in [4.69, 9.17) is 0 Å². The summed E-state index contributed by atoms with van der Waals surface area (Å²) in [6.07, 6.45) is -0.855. The summed E-state index contributed by atoms with van der Waals surface area (Å²) in [5.41, 5.74) is -0.0866. The lowest BCUT2D eigenvalue weighted by atomic mass is 10.0. The zero-order chi connectivity index (χ0) is 20.2. The van der Waals surface area contributed by atoms with Gasteiger partial charge in [0.25, 0.3) is 11.6 Å². The van der Waals surface area contributed by atoms with Crippen molar-refractivity contribution >= 4 is 17.3 Å². The van der Waals surface area contributed by atoms with Crippen LogP contribution in [0.4, 0.5) is 11.4 Å². The van der Waals surface area contributed by atoms with E-state index in [2.05, 4.69) is 10.6 Å². The van der Waals surface area contributed by atoms with E-state index in [-0.39, 0.29) is 34.8 Å². The molecule has 0 fully saturated rings. The van der Waals surface area contributed by atoms with Crippen LogP contribution in [-0.2, 0) is 0 Å². The number of nitrogens with one attached hydrogen (secondary N) is 2. The minimum Gasteiger partial charge on any atom is -0.506 e. The number of benzene rings is 2. The van der Waals surface area contributed by atoms with Crippen molar-refractivity contribution in [1.82, 2.24) is 5.32 Å². The van der Waals surface area contributed by atoms with Crippen LogP contribution in [0.2, 0.25) is 0 Å². The zero-order valence-corrected chi connectivity index (χ0v) is 15.4. The highest BCUT2D eigenvalue weighted by Gasteiger charge is 2.21. The van der Waals surface area contributed by atoms with Crippen LogP contribution in [0.3, 0.4) is 0 Å². The maximum absolute atomic E-state index is 12.4. The van der Waals surface area contributed by atoms with Gasteiger partial charge in [0.05, 0.1) is 16.7 Å². The Labute approximate surface area is 157 Å². The molecule has 1 amide bonds. The number of anilines is 1. The number of aliphatic hydroxyl groups is 1. The second kappa shape index (κ2) is 8.15. The SMILES string of the molecule is CC(C)(C)NCC(O)c1ccc(O)c(NC(=O)c2ccccc2[N+](=O)[O-])c1. The number of carbonyl (C=O) groups is 1. The van der Waals surface area contributed by atoms with E-state index in [0.717, 1.165) is 0 Å². The maximum atomic E-state index is 12.4. The minimum atomic E-state index is -0.855. The Balaban J connectivity index is 2.22. The van der Waals surface area contributed by atoms with Gasteiger partial charge in [0.1, 0.15) is 11.3 Å². The number of rotatable bonds is 6. The number of amides is 1. The number of nitro benzene ring substituents is 1. The Bertz CT molecular complexity index is 845. The highest BCUT2D eigenvalue weighted by atomic mass is 16.6. The first-order valence-corrected chi connectivity index (χ1v) is 8.39. The van der Waals surface area contributed by atoms with Crippen LogP contribution in [0.1, 0.15) is 42.8 Å². The molecule has 4 N–H and O–H groups in total. The van der Waals surface area contributed by atoms with Gasteiger partial charge in [-0.05, 0) is 44.5 Å². The van der Waals surface area contributed by atoms with E-state index in [1.54, 1.807) is 6.07 Å². The van der Waals surface area contributed by atoms with E-state index in [0.29, 0.717) is 5.56 Å². The average molecular weight is 373 g/mol. The summed E-state index contributed by atoms with van der Waals surface area (Å²) in [4.78, 5) is 22.9. The Morgan fingerprint density at radius 1 is 1.22 bits per heavy atom. The molecule has 2 aromatic rings. The molecule has 0 bridgehead atoms. The topological polar surface area (TPSA) is 125 Å². The lowest BCUT2D eigenvalue weighted by molar-refractivity contribution is -0.385. The third kappa shape index (κ3) is 5.50. The molecule has 0 aliphatic heterocycles. The first-order valence-electron chi connectivity index (χ1n) is 8.39. The standard InChI is InChI=1S/C19H23N3O5/c1-19(2,3)20-11-17(24)12-8-9-16(23)14(10-12)21-18(25)13-6-4-5-7-15(13)22(26)27/h4-10,17,20,23-24H,11H2,1-3H3,(H,21,25). The molecule has 0 aromatic heterocycles. The average Bonchev–Trinajstić information content (AvgIpc) is 2.60. The van der Waals surface area contributed by atoms with Crippen molar-refractivity contribution in [3.8, 4) is 5.75 Å². The zero-order valence-electron chi connectivity index (χ0n) is 15.4. The molecule has 2 aromatic carbocycles. The number of nitro groups is 1. The lowest BCUT2D eigenvalue weighted by Gasteiger charge is -2.23. The van der Waals surface area contributed by atoms with Crippen molar-refractivity contribution in [3.05, 3.63) is 63.7 Å².